The highest BCUT2D eigenvalue weighted by Gasteiger charge is 2.10. The van der Waals surface area contributed by atoms with Gasteiger partial charge < -0.3 is 5.32 Å². The van der Waals surface area contributed by atoms with Crippen LogP contribution in [0, 0.1) is 30.2 Å². The van der Waals surface area contributed by atoms with Crippen LogP contribution < -0.4 is 5.32 Å². The lowest BCUT2D eigenvalue weighted by Gasteiger charge is -2.08. The zero-order chi connectivity index (χ0) is 14.0. The van der Waals surface area contributed by atoms with Crippen LogP contribution in [0.1, 0.15) is 11.1 Å². The maximum Gasteiger partial charge on any atom is 0.194 e. The molecule has 2 aromatic rings. The van der Waals surface area contributed by atoms with Crippen LogP contribution in [0.4, 0.5) is 23.2 Å². The molecule has 0 radical (unpaired) electrons. The zero-order valence-electron chi connectivity index (χ0n) is 10.1. The molecule has 0 spiro atoms. The molecule has 100 valence electrons. The Bertz CT molecular complexity index is 587. The van der Waals surface area contributed by atoms with Crippen molar-refractivity contribution in [1.82, 2.24) is 0 Å². The molecule has 0 heterocycles. The van der Waals surface area contributed by atoms with Crippen LogP contribution in [0.5, 0.6) is 0 Å². The van der Waals surface area contributed by atoms with E-state index in [1.54, 1.807) is 19.1 Å². The molecular formula is C14H11F4N. The van der Waals surface area contributed by atoms with Gasteiger partial charge in [0.25, 0.3) is 0 Å². The van der Waals surface area contributed by atoms with Crippen LogP contribution in [-0.4, -0.2) is 0 Å². The molecule has 0 atom stereocenters. The van der Waals surface area contributed by atoms with Crippen LogP contribution in [0.2, 0.25) is 0 Å². The van der Waals surface area contributed by atoms with Crippen LogP contribution in [0.15, 0.2) is 30.3 Å². The second kappa shape index (κ2) is 5.30. The molecule has 1 N–H and O–H groups in total. The Hall–Kier alpha value is -2.04. The summed E-state index contributed by atoms with van der Waals surface area (Å²) in [5.74, 6) is -4.36. The number of rotatable bonds is 3. The highest BCUT2D eigenvalue weighted by molar-refractivity contribution is 5.45. The number of nitrogens with one attached hydrogen (secondary N) is 1. The third-order valence-corrected chi connectivity index (χ3v) is 2.71. The predicted molar refractivity (Wildman–Crippen MR) is 64.8 cm³/mol. The molecule has 0 aliphatic rings. The fourth-order valence-electron chi connectivity index (χ4n) is 1.62. The number of halogens is 4. The summed E-state index contributed by atoms with van der Waals surface area (Å²) in [5.41, 5.74) is 1.22. The second-order valence-electron chi connectivity index (χ2n) is 4.19. The first-order chi connectivity index (χ1) is 8.97. The molecule has 0 fully saturated rings. The molecule has 0 bridgehead atoms. The third-order valence-electron chi connectivity index (χ3n) is 2.71. The fourth-order valence-corrected chi connectivity index (χ4v) is 1.62. The first kappa shape index (κ1) is 13.4. The average molecular weight is 269 g/mol. The van der Waals surface area contributed by atoms with Gasteiger partial charge in [-0.2, -0.15) is 0 Å². The van der Waals surface area contributed by atoms with Crippen molar-refractivity contribution < 1.29 is 17.6 Å². The molecule has 1 nitrogen and oxygen atoms in total. The monoisotopic (exact) mass is 269 g/mol. The lowest BCUT2D eigenvalue weighted by molar-refractivity contribution is 0.445. The van der Waals surface area contributed by atoms with E-state index in [1.807, 2.05) is 0 Å². The fraction of sp³-hybridized carbons (Fsp3) is 0.143. The van der Waals surface area contributed by atoms with E-state index in [1.165, 1.54) is 6.07 Å². The van der Waals surface area contributed by atoms with Gasteiger partial charge in [0.1, 0.15) is 5.82 Å². The molecular weight excluding hydrogens is 258 g/mol. The maximum absolute atomic E-state index is 13.3. The summed E-state index contributed by atoms with van der Waals surface area (Å²) in [6.07, 6.45) is 0. The number of anilines is 1. The number of aryl methyl sites for hydroxylation is 1. The SMILES string of the molecule is Cc1ccc(NCc2cc(F)c(F)c(F)c2)cc1F. The Morgan fingerprint density at radius 3 is 2.11 bits per heavy atom. The number of benzene rings is 2. The molecule has 0 aromatic heterocycles. The molecule has 2 aromatic carbocycles. The Morgan fingerprint density at radius 1 is 0.895 bits per heavy atom. The molecule has 0 saturated heterocycles. The zero-order valence-corrected chi connectivity index (χ0v) is 10.1. The van der Waals surface area contributed by atoms with Gasteiger partial charge in [-0.05, 0) is 42.3 Å². The number of hydrogen-bond acceptors (Lipinski definition) is 1. The van der Waals surface area contributed by atoms with Crippen molar-refractivity contribution in [2.24, 2.45) is 0 Å². The maximum atomic E-state index is 13.3. The summed E-state index contributed by atoms with van der Waals surface area (Å²) in [6.45, 7) is 1.69. The minimum atomic E-state index is -1.50. The van der Waals surface area contributed by atoms with Gasteiger partial charge in [0.05, 0.1) is 0 Å². The minimum absolute atomic E-state index is 0.0661. The van der Waals surface area contributed by atoms with E-state index in [4.69, 9.17) is 0 Å². The van der Waals surface area contributed by atoms with Crippen molar-refractivity contribution in [2.75, 3.05) is 5.32 Å². The molecule has 0 unspecified atom stereocenters. The highest BCUT2D eigenvalue weighted by Crippen LogP contribution is 2.17. The van der Waals surface area contributed by atoms with Crippen molar-refractivity contribution >= 4 is 5.69 Å². The van der Waals surface area contributed by atoms with Crippen LogP contribution >= 0.6 is 0 Å². The normalized spacial score (nSPS) is 10.6. The van der Waals surface area contributed by atoms with E-state index in [0.717, 1.165) is 12.1 Å². The Kier molecular flexibility index (Phi) is 3.74. The highest BCUT2D eigenvalue weighted by atomic mass is 19.2. The third kappa shape index (κ3) is 3.05. The summed E-state index contributed by atoms with van der Waals surface area (Å²) in [4.78, 5) is 0. The largest absolute Gasteiger partial charge is 0.381 e. The van der Waals surface area contributed by atoms with E-state index >= 15 is 0 Å². The van der Waals surface area contributed by atoms with E-state index in [9.17, 15) is 17.6 Å². The van der Waals surface area contributed by atoms with E-state index in [0.29, 0.717) is 11.3 Å². The molecule has 0 amide bonds. The van der Waals surface area contributed by atoms with E-state index in [2.05, 4.69) is 5.32 Å². The molecule has 5 heteroatoms. The van der Waals surface area contributed by atoms with Crippen LogP contribution in [0.3, 0.4) is 0 Å². The van der Waals surface area contributed by atoms with Gasteiger partial charge in [0, 0.05) is 12.2 Å². The van der Waals surface area contributed by atoms with Crippen molar-refractivity contribution in [3.05, 3.63) is 64.7 Å². The van der Waals surface area contributed by atoms with Gasteiger partial charge in [-0.15, -0.1) is 0 Å². The smallest absolute Gasteiger partial charge is 0.194 e. The van der Waals surface area contributed by atoms with Crippen molar-refractivity contribution in [2.45, 2.75) is 13.5 Å². The van der Waals surface area contributed by atoms with Gasteiger partial charge in [0.2, 0.25) is 0 Å². The first-order valence-electron chi connectivity index (χ1n) is 5.61. The molecule has 19 heavy (non-hydrogen) atoms. The molecule has 0 aliphatic heterocycles. The van der Waals surface area contributed by atoms with Crippen molar-refractivity contribution in [3.8, 4) is 0 Å². The standard InChI is InChI=1S/C14H11F4N/c1-8-2-3-10(6-11(8)15)19-7-9-4-12(16)14(18)13(17)5-9/h2-6,19H,7H2,1H3. The summed E-state index contributed by atoms with van der Waals surface area (Å²) < 4.78 is 52.0. The molecule has 0 saturated carbocycles. The van der Waals surface area contributed by atoms with Gasteiger partial charge in [-0.3, -0.25) is 0 Å². The van der Waals surface area contributed by atoms with E-state index < -0.39 is 17.5 Å². The van der Waals surface area contributed by atoms with Crippen LogP contribution in [-0.2, 0) is 6.54 Å². The molecule has 2 rings (SSSR count). The Labute approximate surface area is 107 Å². The predicted octanol–water partition coefficient (Wildman–Crippen LogP) is 4.16. The summed E-state index contributed by atoms with van der Waals surface area (Å²) in [5, 5.41) is 2.81. The van der Waals surface area contributed by atoms with Crippen molar-refractivity contribution in [3.63, 3.8) is 0 Å². The first-order valence-corrected chi connectivity index (χ1v) is 5.61. The van der Waals surface area contributed by atoms with Gasteiger partial charge >= 0.3 is 0 Å². The van der Waals surface area contributed by atoms with Gasteiger partial charge in [-0.25, -0.2) is 17.6 Å². The topological polar surface area (TPSA) is 12.0 Å². The van der Waals surface area contributed by atoms with Gasteiger partial charge in [0.15, 0.2) is 17.5 Å². The van der Waals surface area contributed by atoms with Crippen molar-refractivity contribution in [1.29, 1.82) is 0 Å². The lowest BCUT2D eigenvalue weighted by Crippen LogP contribution is -2.02. The summed E-state index contributed by atoms with van der Waals surface area (Å²) in [6, 6.07) is 6.32. The van der Waals surface area contributed by atoms with Gasteiger partial charge in [-0.1, -0.05) is 6.07 Å². The quantitative estimate of drug-likeness (QED) is 0.651. The Morgan fingerprint density at radius 2 is 1.53 bits per heavy atom. The average Bonchev–Trinajstić information content (AvgIpc) is 2.37. The Balaban J connectivity index is 2.12. The molecule has 0 aliphatic carbocycles. The lowest BCUT2D eigenvalue weighted by atomic mass is 10.2. The second-order valence-corrected chi connectivity index (χ2v) is 4.19. The minimum Gasteiger partial charge on any atom is -0.381 e. The summed E-state index contributed by atoms with van der Waals surface area (Å²) >= 11 is 0. The summed E-state index contributed by atoms with van der Waals surface area (Å²) in [7, 11) is 0. The van der Waals surface area contributed by atoms with E-state index in [-0.39, 0.29) is 17.9 Å². The number of hydrogen-bond donors (Lipinski definition) is 1. The van der Waals surface area contributed by atoms with Crippen LogP contribution in [0.25, 0.3) is 0 Å².